The lowest BCUT2D eigenvalue weighted by molar-refractivity contribution is -0.149. The number of carboxylic acids is 1. The van der Waals surface area contributed by atoms with Gasteiger partial charge in [-0.05, 0) is 27.8 Å². The average Bonchev–Trinajstić information content (AvgIpc) is 2.03. The summed E-state index contributed by atoms with van der Waals surface area (Å²) in [5.74, 6) is -0.821. The number of rotatable bonds is 5. The number of aliphatic carboxylic acids is 1. The molecule has 0 rings (SSSR count). The average molecular weight is 189 g/mol. The number of likely N-dealkylation sites (N-methyl/N-ethyl adjacent to an activating group) is 1. The van der Waals surface area contributed by atoms with Gasteiger partial charge in [0.25, 0.3) is 0 Å². The van der Waals surface area contributed by atoms with E-state index in [1.54, 1.807) is 32.9 Å². The van der Waals surface area contributed by atoms with Gasteiger partial charge in [-0.25, -0.2) is 0 Å². The van der Waals surface area contributed by atoms with Gasteiger partial charge < -0.3 is 9.84 Å². The molecule has 0 saturated carbocycles. The van der Waals surface area contributed by atoms with E-state index in [9.17, 15) is 4.79 Å². The Balaban J connectivity index is 4.24. The fraction of sp³-hybridized carbons (Fsp3) is 0.889. The largest absolute Gasteiger partial charge is 0.480 e. The molecule has 0 amide bonds. The summed E-state index contributed by atoms with van der Waals surface area (Å²) in [6.45, 7) is 5.87. The van der Waals surface area contributed by atoms with Crippen molar-refractivity contribution in [2.45, 2.75) is 32.4 Å². The maximum atomic E-state index is 10.8. The van der Waals surface area contributed by atoms with Crippen molar-refractivity contribution in [3.8, 4) is 0 Å². The SMILES string of the molecule is COC(C)CN(C)C(C)(C)C(=O)O. The summed E-state index contributed by atoms with van der Waals surface area (Å²) >= 11 is 0. The topological polar surface area (TPSA) is 49.8 Å². The molecule has 13 heavy (non-hydrogen) atoms. The molecule has 0 aromatic heterocycles. The Labute approximate surface area is 79.5 Å². The Bertz CT molecular complexity index is 180. The Morgan fingerprint density at radius 3 is 2.38 bits per heavy atom. The molecular formula is C9H19NO3. The van der Waals surface area contributed by atoms with Gasteiger partial charge in [0.15, 0.2) is 0 Å². The van der Waals surface area contributed by atoms with Crippen molar-refractivity contribution in [1.29, 1.82) is 0 Å². The quantitative estimate of drug-likeness (QED) is 0.695. The van der Waals surface area contributed by atoms with Gasteiger partial charge in [-0.3, -0.25) is 9.69 Å². The number of nitrogens with zero attached hydrogens (tertiary/aromatic N) is 1. The lowest BCUT2D eigenvalue weighted by atomic mass is 10.0. The van der Waals surface area contributed by atoms with Gasteiger partial charge in [0.1, 0.15) is 5.54 Å². The van der Waals surface area contributed by atoms with Crippen molar-refractivity contribution in [3.63, 3.8) is 0 Å². The summed E-state index contributed by atoms with van der Waals surface area (Å²) < 4.78 is 5.06. The molecule has 0 saturated heterocycles. The Hall–Kier alpha value is -0.610. The summed E-state index contributed by atoms with van der Waals surface area (Å²) in [6, 6.07) is 0. The smallest absolute Gasteiger partial charge is 0.323 e. The molecule has 1 unspecified atom stereocenters. The van der Waals surface area contributed by atoms with E-state index in [0.29, 0.717) is 6.54 Å². The minimum Gasteiger partial charge on any atom is -0.480 e. The number of hydrogen-bond acceptors (Lipinski definition) is 3. The van der Waals surface area contributed by atoms with Gasteiger partial charge in [-0.2, -0.15) is 0 Å². The minimum absolute atomic E-state index is 0.0450. The number of carboxylic acid groups (broad SMARTS) is 1. The highest BCUT2D eigenvalue weighted by Gasteiger charge is 2.32. The van der Waals surface area contributed by atoms with Crippen LogP contribution in [-0.2, 0) is 9.53 Å². The second-order valence-corrected chi connectivity index (χ2v) is 3.79. The van der Waals surface area contributed by atoms with Crippen molar-refractivity contribution >= 4 is 5.97 Å². The van der Waals surface area contributed by atoms with Gasteiger partial charge in [0.2, 0.25) is 0 Å². The van der Waals surface area contributed by atoms with Crippen LogP contribution in [-0.4, -0.2) is 48.3 Å². The number of ether oxygens (including phenoxy) is 1. The third kappa shape index (κ3) is 3.32. The van der Waals surface area contributed by atoms with Crippen LogP contribution >= 0.6 is 0 Å². The van der Waals surface area contributed by atoms with E-state index < -0.39 is 11.5 Å². The van der Waals surface area contributed by atoms with Crippen LogP contribution in [0.3, 0.4) is 0 Å². The van der Waals surface area contributed by atoms with Crippen molar-refractivity contribution in [2.75, 3.05) is 20.7 Å². The Kier molecular flexibility index (Phi) is 4.36. The normalized spacial score (nSPS) is 14.6. The van der Waals surface area contributed by atoms with Gasteiger partial charge in [-0.1, -0.05) is 0 Å². The molecule has 0 aromatic rings. The van der Waals surface area contributed by atoms with Crippen LogP contribution in [0.25, 0.3) is 0 Å². The molecule has 0 aliphatic carbocycles. The summed E-state index contributed by atoms with van der Waals surface area (Å²) in [6.07, 6.45) is 0.0450. The lowest BCUT2D eigenvalue weighted by Crippen LogP contribution is -2.50. The molecule has 0 aromatic carbocycles. The van der Waals surface area contributed by atoms with Gasteiger partial charge in [0.05, 0.1) is 6.10 Å². The zero-order chi connectivity index (χ0) is 10.6. The summed E-state index contributed by atoms with van der Waals surface area (Å²) in [4.78, 5) is 12.6. The van der Waals surface area contributed by atoms with E-state index in [4.69, 9.17) is 9.84 Å². The summed E-state index contributed by atoms with van der Waals surface area (Å²) in [5.41, 5.74) is -0.840. The molecule has 0 bridgehead atoms. The van der Waals surface area contributed by atoms with Crippen molar-refractivity contribution in [1.82, 2.24) is 4.90 Å². The van der Waals surface area contributed by atoms with Crippen LogP contribution in [0.2, 0.25) is 0 Å². The van der Waals surface area contributed by atoms with Crippen LogP contribution in [0.4, 0.5) is 0 Å². The first-order chi connectivity index (χ1) is 5.82. The molecule has 4 nitrogen and oxygen atoms in total. The maximum Gasteiger partial charge on any atom is 0.323 e. The zero-order valence-corrected chi connectivity index (χ0v) is 9.00. The first kappa shape index (κ1) is 12.4. The van der Waals surface area contributed by atoms with Crippen LogP contribution in [0.5, 0.6) is 0 Å². The molecular weight excluding hydrogens is 170 g/mol. The second-order valence-electron chi connectivity index (χ2n) is 3.79. The summed E-state index contributed by atoms with van der Waals surface area (Å²) in [7, 11) is 3.40. The Morgan fingerprint density at radius 2 is 2.08 bits per heavy atom. The van der Waals surface area contributed by atoms with E-state index in [2.05, 4.69) is 0 Å². The standard InChI is InChI=1S/C9H19NO3/c1-7(13-5)6-10(4)9(2,3)8(11)12/h7H,6H2,1-5H3,(H,11,12). The number of methoxy groups -OCH3 is 1. The highest BCUT2D eigenvalue weighted by Crippen LogP contribution is 2.12. The minimum atomic E-state index is -0.840. The van der Waals surface area contributed by atoms with Crippen molar-refractivity contribution < 1.29 is 14.6 Å². The maximum absolute atomic E-state index is 10.8. The molecule has 4 heteroatoms. The third-order valence-corrected chi connectivity index (χ3v) is 2.41. The highest BCUT2D eigenvalue weighted by molar-refractivity contribution is 5.77. The molecule has 0 aliphatic heterocycles. The highest BCUT2D eigenvalue weighted by atomic mass is 16.5. The summed E-state index contributed by atoms with van der Waals surface area (Å²) in [5, 5.41) is 8.91. The van der Waals surface area contributed by atoms with Crippen molar-refractivity contribution in [2.24, 2.45) is 0 Å². The molecule has 0 aliphatic rings. The van der Waals surface area contributed by atoms with E-state index in [-0.39, 0.29) is 6.10 Å². The zero-order valence-electron chi connectivity index (χ0n) is 9.00. The monoisotopic (exact) mass is 189 g/mol. The number of hydrogen-bond donors (Lipinski definition) is 1. The van der Waals surface area contributed by atoms with Gasteiger partial charge >= 0.3 is 5.97 Å². The van der Waals surface area contributed by atoms with E-state index in [1.807, 2.05) is 6.92 Å². The van der Waals surface area contributed by atoms with E-state index >= 15 is 0 Å². The first-order valence-electron chi connectivity index (χ1n) is 4.29. The Morgan fingerprint density at radius 1 is 1.62 bits per heavy atom. The molecule has 0 heterocycles. The fourth-order valence-electron chi connectivity index (χ4n) is 0.852. The molecule has 1 N–H and O–H groups in total. The van der Waals surface area contributed by atoms with E-state index in [1.165, 1.54) is 0 Å². The van der Waals surface area contributed by atoms with Gasteiger partial charge in [-0.15, -0.1) is 0 Å². The first-order valence-corrected chi connectivity index (χ1v) is 4.29. The fourth-order valence-corrected chi connectivity index (χ4v) is 0.852. The lowest BCUT2D eigenvalue weighted by Gasteiger charge is -2.32. The number of carbonyl (C=O) groups is 1. The third-order valence-electron chi connectivity index (χ3n) is 2.41. The molecule has 78 valence electrons. The molecule has 0 radical (unpaired) electrons. The van der Waals surface area contributed by atoms with Crippen LogP contribution < -0.4 is 0 Å². The molecule has 0 spiro atoms. The van der Waals surface area contributed by atoms with Crippen LogP contribution in [0.1, 0.15) is 20.8 Å². The predicted octanol–water partition coefficient (Wildman–Crippen LogP) is 0.816. The van der Waals surface area contributed by atoms with E-state index in [0.717, 1.165) is 0 Å². The molecule has 1 atom stereocenters. The van der Waals surface area contributed by atoms with Gasteiger partial charge in [0, 0.05) is 13.7 Å². The second kappa shape index (κ2) is 4.58. The van der Waals surface area contributed by atoms with Crippen molar-refractivity contribution in [3.05, 3.63) is 0 Å². The molecule has 0 fully saturated rings. The predicted molar refractivity (Wildman–Crippen MR) is 50.8 cm³/mol. The van der Waals surface area contributed by atoms with Crippen LogP contribution in [0, 0.1) is 0 Å². The van der Waals surface area contributed by atoms with Crippen LogP contribution in [0.15, 0.2) is 0 Å².